The van der Waals surface area contributed by atoms with Gasteiger partial charge >= 0.3 is 6.03 Å². The summed E-state index contributed by atoms with van der Waals surface area (Å²) in [4.78, 5) is 22.4. The number of nitrogens with one attached hydrogen (secondary N) is 1. The maximum atomic E-state index is 11.8. The number of amides is 2. The van der Waals surface area contributed by atoms with Crippen LogP contribution in [0.4, 0.5) is 10.5 Å². The van der Waals surface area contributed by atoms with Gasteiger partial charge in [-0.1, -0.05) is 0 Å². The fourth-order valence-corrected chi connectivity index (χ4v) is 1.74. The number of urea groups is 1. The van der Waals surface area contributed by atoms with Crippen LogP contribution in [0, 0.1) is 6.92 Å². The zero-order chi connectivity index (χ0) is 12.6. The molecule has 0 spiro atoms. The van der Waals surface area contributed by atoms with Gasteiger partial charge in [0.25, 0.3) is 0 Å². The van der Waals surface area contributed by atoms with E-state index in [1.54, 1.807) is 30.9 Å². The molecular formula is C12H16N4O. The highest BCUT2D eigenvalue weighted by Gasteiger charge is 2.13. The minimum absolute atomic E-state index is 0.0550. The molecule has 2 amide bonds. The Morgan fingerprint density at radius 1 is 1.29 bits per heavy atom. The van der Waals surface area contributed by atoms with Crippen molar-refractivity contribution in [3.05, 3.63) is 24.0 Å². The number of imidazole rings is 1. The summed E-state index contributed by atoms with van der Waals surface area (Å²) in [7, 11) is 5.22. The number of fused-ring (bicyclic) bond motifs is 1. The second-order valence-corrected chi connectivity index (χ2v) is 4.26. The quantitative estimate of drug-likeness (QED) is 0.817. The molecule has 0 saturated heterocycles. The number of benzene rings is 1. The Labute approximate surface area is 100 Å². The molecule has 0 aliphatic carbocycles. The number of aromatic nitrogens is 2. The van der Waals surface area contributed by atoms with Crippen molar-refractivity contribution in [2.75, 3.05) is 26.0 Å². The third-order valence-corrected chi connectivity index (χ3v) is 2.64. The molecular weight excluding hydrogens is 216 g/mol. The maximum Gasteiger partial charge on any atom is 0.323 e. The van der Waals surface area contributed by atoms with Crippen LogP contribution >= 0.6 is 0 Å². The van der Waals surface area contributed by atoms with Crippen LogP contribution in [0.5, 0.6) is 0 Å². The molecule has 17 heavy (non-hydrogen) atoms. The van der Waals surface area contributed by atoms with Crippen molar-refractivity contribution >= 4 is 22.8 Å². The highest BCUT2D eigenvalue weighted by molar-refractivity contribution is 5.93. The maximum absolute atomic E-state index is 11.8. The van der Waals surface area contributed by atoms with Gasteiger partial charge in [-0.05, 0) is 25.1 Å². The number of nitrogens with zero attached hydrogens (tertiary/aromatic N) is 3. The molecule has 0 aliphatic rings. The Bertz CT molecular complexity index is 559. The highest BCUT2D eigenvalue weighted by atomic mass is 16.2. The van der Waals surface area contributed by atoms with E-state index >= 15 is 0 Å². The summed E-state index contributed by atoms with van der Waals surface area (Å²) < 4.78 is 0. The molecule has 90 valence electrons. The van der Waals surface area contributed by atoms with Crippen LogP contribution < -0.4 is 4.90 Å². The van der Waals surface area contributed by atoms with Gasteiger partial charge in [0.1, 0.15) is 5.82 Å². The summed E-state index contributed by atoms with van der Waals surface area (Å²) in [6.45, 7) is 1.91. The third-order valence-electron chi connectivity index (χ3n) is 2.64. The van der Waals surface area contributed by atoms with Crippen LogP contribution in [0.2, 0.25) is 0 Å². The van der Waals surface area contributed by atoms with E-state index < -0.39 is 0 Å². The van der Waals surface area contributed by atoms with Gasteiger partial charge in [0.05, 0.1) is 11.0 Å². The van der Waals surface area contributed by atoms with Crippen molar-refractivity contribution in [2.24, 2.45) is 0 Å². The lowest BCUT2D eigenvalue weighted by molar-refractivity contribution is 0.225. The number of aromatic amines is 1. The van der Waals surface area contributed by atoms with E-state index in [0.29, 0.717) is 0 Å². The molecule has 0 radical (unpaired) electrons. The Kier molecular flexibility index (Phi) is 2.75. The number of hydrogen-bond acceptors (Lipinski definition) is 2. The fourth-order valence-electron chi connectivity index (χ4n) is 1.74. The van der Waals surface area contributed by atoms with Gasteiger partial charge < -0.3 is 9.88 Å². The normalized spacial score (nSPS) is 10.6. The molecule has 2 aromatic rings. The van der Waals surface area contributed by atoms with E-state index in [9.17, 15) is 4.79 Å². The second kappa shape index (κ2) is 4.08. The topological polar surface area (TPSA) is 52.2 Å². The van der Waals surface area contributed by atoms with E-state index in [4.69, 9.17) is 0 Å². The highest BCUT2D eigenvalue weighted by Crippen LogP contribution is 2.20. The van der Waals surface area contributed by atoms with E-state index in [1.807, 2.05) is 25.1 Å². The standard InChI is InChI=1S/C12H16N4O/c1-8-13-10-6-5-9(7-11(10)14-8)16(4)12(17)15(2)3/h5-7H,1-4H3,(H,13,14). The number of carbonyl (C=O) groups is 1. The predicted octanol–water partition coefficient (Wildman–Crippen LogP) is 1.99. The fraction of sp³-hybridized carbons (Fsp3) is 0.333. The van der Waals surface area contributed by atoms with Gasteiger partial charge in [-0.25, -0.2) is 9.78 Å². The Morgan fingerprint density at radius 2 is 2.00 bits per heavy atom. The summed E-state index contributed by atoms with van der Waals surface area (Å²) >= 11 is 0. The minimum atomic E-state index is -0.0550. The summed E-state index contributed by atoms with van der Waals surface area (Å²) in [6, 6.07) is 5.68. The average molecular weight is 232 g/mol. The second-order valence-electron chi connectivity index (χ2n) is 4.26. The van der Waals surface area contributed by atoms with Crippen molar-refractivity contribution in [3.63, 3.8) is 0 Å². The molecule has 1 N–H and O–H groups in total. The molecule has 1 aromatic heterocycles. The zero-order valence-corrected chi connectivity index (χ0v) is 10.5. The summed E-state index contributed by atoms with van der Waals surface area (Å²) in [5.41, 5.74) is 2.70. The van der Waals surface area contributed by atoms with Crippen LogP contribution in [0.15, 0.2) is 18.2 Å². The predicted molar refractivity (Wildman–Crippen MR) is 68.3 cm³/mol. The van der Waals surface area contributed by atoms with Crippen molar-refractivity contribution in [2.45, 2.75) is 6.92 Å². The van der Waals surface area contributed by atoms with Crippen LogP contribution in [0.3, 0.4) is 0 Å². The number of hydrogen-bond donors (Lipinski definition) is 1. The Balaban J connectivity index is 2.38. The van der Waals surface area contributed by atoms with Crippen LogP contribution in [-0.2, 0) is 0 Å². The molecule has 0 saturated carbocycles. The smallest absolute Gasteiger partial charge is 0.323 e. The van der Waals surface area contributed by atoms with E-state index in [1.165, 1.54) is 0 Å². The molecule has 0 unspecified atom stereocenters. The molecule has 2 rings (SSSR count). The van der Waals surface area contributed by atoms with Crippen molar-refractivity contribution < 1.29 is 4.79 Å². The van der Waals surface area contributed by atoms with Gasteiger partial charge in [-0.15, -0.1) is 0 Å². The summed E-state index contributed by atoms with van der Waals surface area (Å²) in [6.07, 6.45) is 0. The van der Waals surface area contributed by atoms with Crippen LogP contribution in [0.1, 0.15) is 5.82 Å². The van der Waals surface area contributed by atoms with Crippen molar-refractivity contribution in [1.29, 1.82) is 0 Å². The lowest BCUT2D eigenvalue weighted by Crippen LogP contribution is -2.36. The third kappa shape index (κ3) is 2.08. The molecule has 5 heteroatoms. The number of anilines is 1. The lowest BCUT2D eigenvalue weighted by atomic mass is 10.2. The van der Waals surface area contributed by atoms with Gasteiger partial charge in [-0.3, -0.25) is 4.90 Å². The van der Waals surface area contributed by atoms with Gasteiger partial charge in [0.15, 0.2) is 0 Å². The van der Waals surface area contributed by atoms with Gasteiger partial charge in [0.2, 0.25) is 0 Å². The first-order valence-electron chi connectivity index (χ1n) is 5.40. The zero-order valence-electron chi connectivity index (χ0n) is 10.5. The number of H-pyrrole nitrogens is 1. The van der Waals surface area contributed by atoms with Gasteiger partial charge in [0, 0.05) is 26.8 Å². The van der Waals surface area contributed by atoms with E-state index in [-0.39, 0.29) is 6.03 Å². The first-order valence-corrected chi connectivity index (χ1v) is 5.40. The van der Waals surface area contributed by atoms with Crippen LogP contribution in [-0.4, -0.2) is 42.0 Å². The lowest BCUT2D eigenvalue weighted by Gasteiger charge is -2.21. The van der Waals surface area contributed by atoms with Gasteiger partial charge in [-0.2, -0.15) is 0 Å². The first-order chi connectivity index (χ1) is 7.99. The Morgan fingerprint density at radius 3 is 2.65 bits per heavy atom. The average Bonchev–Trinajstić information content (AvgIpc) is 2.65. The minimum Gasteiger partial charge on any atom is -0.342 e. The first kappa shape index (κ1) is 11.4. The molecule has 0 atom stereocenters. The monoisotopic (exact) mass is 232 g/mol. The molecule has 0 aliphatic heterocycles. The summed E-state index contributed by atoms with van der Waals surface area (Å²) in [5, 5.41) is 0. The largest absolute Gasteiger partial charge is 0.342 e. The Hall–Kier alpha value is -2.04. The molecule has 0 fully saturated rings. The molecule has 1 heterocycles. The van der Waals surface area contributed by atoms with E-state index in [2.05, 4.69) is 9.97 Å². The van der Waals surface area contributed by atoms with Crippen molar-refractivity contribution in [1.82, 2.24) is 14.9 Å². The molecule has 1 aromatic carbocycles. The number of rotatable bonds is 1. The number of carbonyl (C=O) groups excluding carboxylic acids is 1. The van der Waals surface area contributed by atoms with Crippen LogP contribution in [0.25, 0.3) is 11.0 Å². The van der Waals surface area contributed by atoms with E-state index in [0.717, 1.165) is 22.5 Å². The SMILES string of the molecule is Cc1nc2ccc(N(C)C(=O)N(C)C)cc2[nH]1. The summed E-state index contributed by atoms with van der Waals surface area (Å²) in [5.74, 6) is 0.874. The van der Waals surface area contributed by atoms with Crippen molar-refractivity contribution in [3.8, 4) is 0 Å². The molecule has 0 bridgehead atoms. The molecule has 5 nitrogen and oxygen atoms in total. The number of aryl methyl sites for hydroxylation is 1.